The number of halogens is 2. The second-order valence-electron chi connectivity index (χ2n) is 3.55. The Morgan fingerprint density at radius 2 is 1.83 bits per heavy atom. The molecule has 0 unspecified atom stereocenters. The van der Waals surface area contributed by atoms with Crippen LogP contribution in [0.1, 0.15) is 38.5 Å². The molecular weight excluding hydrogens is 176 g/mol. The first-order valence-corrected chi connectivity index (χ1v) is 6.25. The Hall–Kier alpha value is 0.0369. The van der Waals surface area contributed by atoms with Crippen molar-refractivity contribution in [2.45, 2.75) is 38.5 Å². The molecule has 1 rings (SSSR count). The smallest absolute Gasteiger partial charge is 0.290 e. The first-order chi connectivity index (χ1) is 5.79. The molecule has 4 heteroatoms. The molecule has 1 nitrogen and oxygen atoms in total. The summed E-state index contributed by atoms with van der Waals surface area (Å²) >= 11 is 0. The van der Waals surface area contributed by atoms with Gasteiger partial charge in [-0.05, 0) is 18.9 Å². The Kier molecular flexibility index (Phi) is 4.76. The van der Waals surface area contributed by atoms with Crippen LogP contribution < -0.4 is 4.98 Å². The van der Waals surface area contributed by atoms with Gasteiger partial charge in [0.1, 0.15) is 0 Å². The van der Waals surface area contributed by atoms with E-state index in [9.17, 15) is 8.22 Å². The van der Waals surface area contributed by atoms with Crippen LogP contribution in [0.25, 0.3) is 0 Å². The largest absolute Gasteiger partial charge is 0.489 e. The first kappa shape index (κ1) is 10.1. The quantitative estimate of drug-likeness (QED) is 0.533. The Morgan fingerprint density at radius 1 is 1.17 bits per heavy atom. The van der Waals surface area contributed by atoms with E-state index in [0.717, 1.165) is 12.3 Å². The van der Waals surface area contributed by atoms with Crippen LogP contribution in [0.5, 0.6) is 0 Å². The highest BCUT2D eigenvalue weighted by atomic mass is 28.4. The predicted octanol–water partition coefficient (Wildman–Crippen LogP) is 2.20. The van der Waals surface area contributed by atoms with Crippen molar-refractivity contribution in [2.75, 3.05) is 6.54 Å². The fourth-order valence-electron chi connectivity index (χ4n) is 1.87. The summed E-state index contributed by atoms with van der Waals surface area (Å²) in [5.41, 5.74) is 0. The Balaban J connectivity index is 1.98. The molecular formula is C8H17F2NSi. The molecule has 0 bridgehead atoms. The molecule has 1 fully saturated rings. The molecule has 12 heavy (non-hydrogen) atoms. The van der Waals surface area contributed by atoms with Gasteiger partial charge in [0, 0.05) is 0 Å². The summed E-state index contributed by atoms with van der Waals surface area (Å²) in [6.07, 6.45) is 7.41. The first-order valence-electron chi connectivity index (χ1n) is 4.80. The molecule has 0 heterocycles. The maximum absolute atomic E-state index is 11.8. The minimum Gasteiger partial charge on any atom is -0.290 e. The summed E-state index contributed by atoms with van der Waals surface area (Å²) in [5, 5.41) is 0. The number of rotatable bonds is 4. The van der Waals surface area contributed by atoms with Gasteiger partial charge in [-0.2, -0.15) is 0 Å². The van der Waals surface area contributed by atoms with Crippen LogP contribution in [0.15, 0.2) is 0 Å². The summed E-state index contributed by atoms with van der Waals surface area (Å²) in [6.45, 7) is 0.536. The second kappa shape index (κ2) is 5.64. The molecule has 0 aromatic rings. The molecule has 1 aliphatic carbocycles. The number of nitrogens with one attached hydrogen (secondary N) is 1. The fourth-order valence-corrected chi connectivity index (χ4v) is 2.26. The zero-order valence-electron chi connectivity index (χ0n) is 7.36. The van der Waals surface area contributed by atoms with Gasteiger partial charge in [-0.25, -0.2) is 0 Å². The molecule has 0 saturated heterocycles. The van der Waals surface area contributed by atoms with E-state index < -0.39 is 9.63 Å². The molecule has 1 saturated carbocycles. The van der Waals surface area contributed by atoms with Crippen LogP contribution in [-0.2, 0) is 0 Å². The molecule has 0 aromatic heterocycles. The lowest BCUT2D eigenvalue weighted by Gasteiger charge is -2.21. The average Bonchev–Trinajstić information content (AvgIpc) is 2.05. The van der Waals surface area contributed by atoms with Crippen molar-refractivity contribution < 1.29 is 8.22 Å². The van der Waals surface area contributed by atoms with E-state index in [0.29, 0.717) is 6.54 Å². The van der Waals surface area contributed by atoms with Crippen LogP contribution in [0.2, 0.25) is 0 Å². The van der Waals surface area contributed by atoms with E-state index in [-0.39, 0.29) is 0 Å². The highest BCUT2D eigenvalue weighted by molar-refractivity contribution is 6.39. The topological polar surface area (TPSA) is 12.0 Å². The van der Waals surface area contributed by atoms with Crippen molar-refractivity contribution >= 4 is 9.63 Å². The van der Waals surface area contributed by atoms with Gasteiger partial charge in [-0.1, -0.05) is 32.1 Å². The molecule has 0 aromatic carbocycles. The highest BCUT2D eigenvalue weighted by Crippen LogP contribution is 2.25. The van der Waals surface area contributed by atoms with Gasteiger partial charge < -0.3 is 0 Å². The third-order valence-corrected chi connectivity index (χ3v) is 3.17. The van der Waals surface area contributed by atoms with Crippen LogP contribution >= 0.6 is 0 Å². The van der Waals surface area contributed by atoms with Gasteiger partial charge in [0.2, 0.25) is 0 Å². The van der Waals surface area contributed by atoms with Crippen molar-refractivity contribution in [3.05, 3.63) is 0 Å². The Morgan fingerprint density at radius 3 is 2.42 bits per heavy atom. The summed E-state index contributed by atoms with van der Waals surface area (Å²) in [5.74, 6) is 0.721. The lowest BCUT2D eigenvalue weighted by Crippen LogP contribution is -2.27. The van der Waals surface area contributed by atoms with Gasteiger partial charge in [-0.3, -0.25) is 13.2 Å². The van der Waals surface area contributed by atoms with Crippen molar-refractivity contribution in [1.29, 1.82) is 0 Å². The molecule has 0 spiro atoms. The van der Waals surface area contributed by atoms with Crippen LogP contribution in [0, 0.1) is 5.92 Å². The van der Waals surface area contributed by atoms with Crippen molar-refractivity contribution in [3.63, 3.8) is 0 Å². The highest BCUT2D eigenvalue weighted by Gasteiger charge is 2.13. The molecule has 0 amide bonds. The van der Waals surface area contributed by atoms with E-state index in [2.05, 4.69) is 4.98 Å². The molecule has 1 N–H and O–H groups in total. The fraction of sp³-hybridized carbons (Fsp3) is 1.00. The average molecular weight is 193 g/mol. The van der Waals surface area contributed by atoms with Crippen molar-refractivity contribution in [1.82, 2.24) is 4.98 Å². The van der Waals surface area contributed by atoms with Gasteiger partial charge >= 0.3 is 9.63 Å². The minimum absolute atomic E-state index is 0.536. The minimum atomic E-state index is -3.49. The van der Waals surface area contributed by atoms with E-state index in [1.807, 2.05) is 0 Å². The van der Waals surface area contributed by atoms with Crippen molar-refractivity contribution in [3.8, 4) is 0 Å². The third kappa shape index (κ3) is 4.16. The van der Waals surface area contributed by atoms with E-state index in [1.54, 1.807) is 0 Å². The number of hydrogen-bond donors (Lipinski definition) is 1. The summed E-state index contributed by atoms with van der Waals surface area (Å²) < 4.78 is 23.6. The normalized spacial score (nSPS) is 20.2. The van der Waals surface area contributed by atoms with Crippen LogP contribution in [0.4, 0.5) is 8.22 Å². The van der Waals surface area contributed by atoms with E-state index in [1.165, 1.54) is 32.1 Å². The van der Waals surface area contributed by atoms with Gasteiger partial charge in [-0.15, -0.1) is 0 Å². The monoisotopic (exact) mass is 193 g/mol. The maximum Gasteiger partial charge on any atom is 0.489 e. The van der Waals surface area contributed by atoms with E-state index in [4.69, 9.17) is 0 Å². The molecule has 72 valence electrons. The SMILES string of the molecule is F[SiH](F)NCCC1CCCCC1. The van der Waals surface area contributed by atoms with E-state index >= 15 is 0 Å². The van der Waals surface area contributed by atoms with Gasteiger partial charge in [0.25, 0.3) is 0 Å². The van der Waals surface area contributed by atoms with Gasteiger partial charge in [0.15, 0.2) is 0 Å². The zero-order chi connectivity index (χ0) is 8.81. The van der Waals surface area contributed by atoms with Crippen LogP contribution in [-0.4, -0.2) is 16.2 Å². The summed E-state index contributed by atoms with van der Waals surface area (Å²) in [6, 6.07) is 0. The standard InChI is InChI=1S/C8H17F2NSi/c9-12(10)11-7-6-8-4-2-1-3-5-8/h8,11-12H,1-7H2. The molecule has 0 atom stereocenters. The molecule has 0 radical (unpaired) electrons. The van der Waals surface area contributed by atoms with Gasteiger partial charge in [0.05, 0.1) is 0 Å². The number of hydrogen-bond acceptors (Lipinski definition) is 1. The maximum atomic E-state index is 11.8. The lowest BCUT2D eigenvalue weighted by atomic mass is 9.87. The summed E-state index contributed by atoms with van der Waals surface area (Å²) in [4.78, 5) is 2.30. The molecule has 0 aliphatic heterocycles. The van der Waals surface area contributed by atoms with Crippen molar-refractivity contribution in [2.24, 2.45) is 5.92 Å². The second-order valence-corrected chi connectivity index (χ2v) is 4.56. The zero-order valence-corrected chi connectivity index (χ0v) is 8.52. The Bertz CT molecular complexity index is 116. The van der Waals surface area contributed by atoms with Crippen LogP contribution in [0.3, 0.4) is 0 Å². The third-order valence-electron chi connectivity index (χ3n) is 2.58. The summed E-state index contributed by atoms with van der Waals surface area (Å²) in [7, 11) is -3.49. The lowest BCUT2D eigenvalue weighted by molar-refractivity contribution is 0.338. The Labute approximate surface area is 74.6 Å². The molecule has 1 aliphatic rings. The predicted molar refractivity (Wildman–Crippen MR) is 48.6 cm³/mol.